The molecule has 0 saturated heterocycles. The number of aromatic amines is 2. The zero-order chi connectivity index (χ0) is 26.5. The molecule has 0 aliphatic carbocycles. The lowest BCUT2D eigenvalue weighted by molar-refractivity contribution is 0.103. The van der Waals surface area contributed by atoms with E-state index >= 15 is 0 Å². The van der Waals surface area contributed by atoms with Crippen LogP contribution >= 0.6 is 0 Å². The molecule has 0 aliphatic rings. The zero-order valence-electron chi connectivity index (χ0n) is 21.0. The maximum absolute atomic E-state index is 12.9. The molecule has 0 unspecified atom stereocenters. The SMILES string of the molecule is CCCCc1nc2c(OC(=O)OCC)n[nH]c(=O)c2n1Cc1ccc(-c2ccccc2-c2nn[nH]n2)cc1. The molecule has 2 aromatic carbocycles. The largest absolute Gasteiger partial charge is 0.515 e. The Labute approximate surface area is 217 Å². The lowest BCUT2D eigenvalue weighted by Crippen LogP contribution is -2.17. The topological polar surface area (TPSA) is 154 Å². The molecule has 3 heterocycles. The number of ether oxygens (including phenoxy) is 2. The summed E-state index contributed by atoms with van der Waals surface area (Å²) in [5, 5.41) is 20.7. The normalized spacial score (nSPS) is 11.1. The molecule has 0 saturated carbocycles. The van der Waals surface area contributed by atoms with Crippen molar-refractivity contribution in [2.24, 2.45) is 0 Å². The van der Waals surface area contributed by atoms with E-state index in [1.165, 1.54) is 0 Å². The molecule has 0 aliphatic heterocycles. The smallest absolute Gasteiger partial charge is 0.434 e. The van der Waals surface area contributed by atoms with Crippen molar-refractivity contribution in [2.75, 3.05) is 6.61 Å². The zero-order valence-corrected chi connectivity index (χ0v) is 21.0. The summed E-state index contributed by atoms with van der Waals surface area (Å²) in [7, 11) is 0. The molecule has 12 nitrogen and oxygen atoms in total. The van der Waals surface area contributed by atoms with E-state index in [4.69, 9.17) is 9.47 Å². The fourth-order valence-corrected chi connectivity index (χ4v) is 4.26. The second-order valence-corrected chi connectivity index (χ2v) is 8.54. The monoisotopic (exact) mass is 514 g/mol. The average Bonchev–Trinajstić information content (AvgIpc) is 3.59. The van der Waals surface area contributed by atoms with Crippen molar-refractivity contribution in [1.82, 2.24) is 40.4 Å². The first-order valence-corrected chi connectivity index (χ1v) is 12.3. The maximum Gasteiger partial charge on any atom is 0.515 e. The molecule has 0 atom stereocenters. The molecule has 0 bridgehead atoms. The molecule has 0 fully saturated rings. The second-order valence-electron chi connectivity index (χ2n) is 8.54. The van der Waals surface area contributed by atoms with Gasteiger partial charge in [-0.2, -0.15) is 5.21 Å². The molecule has 0 spiro atoms. The van der Waals surface area contributed by atoms with Gasteiger partial charge in [0, 0.05) is 18.5 Å². The highest BCUT2D eigenvalue weighted by atomic mass is 16.7. The van der Waals surface area contributed by atoms with Crippen LogP contribution in [0.2, 0.25) is 0 Å². The number of imidazole rings is 1. The van der Waals surface area contributed by atoms with Crippen LogP contribution < -0.4 is 10.3 Å². The molecule has 2 N–H and O–H groups in total. The predicted molar refractivity (Wildman–Crippen MR) is 139 cm³/mol. The number of unbranched alkanes of at least 4 members (excludes halogenated alkanes) is 1. The van der Waals surface area contributed by atoms with E-state index in [1.807, 2.05) is 53.1 Å². The van der Waals surface area contributed by atoms with Gasteiger partial charge in [0.25, 0.3) is 11.4 Å². The number of carbonyl (C=O) groups excluding carboxylic acids is 1. The van der Waals surface area contributed by atoms with E-state index < -0.39 is 11.7 Å². The Morgan fingerprint density at radius 2 is 1.82 bits per heavy atom. The van der Waals surface area contributed by atoms with Crippen LogP contribution in [0.1, 0.15) is 38.1 Å². The number of benzene rings is 2. The molecule has 38 heavy (non-hydrogen) atoms. The Morgan fingerprint density at radius 3 is 2.53 bits per heavy atom. The van der Waals surface area contributed by atoms with Crippen LogP contribution in [0.4, 0.5) is 4.79 Å². The fraction of sp³-hybridized carbons (Fsp3) is 0.269. The van der Waals surface area contributed by atoms with Crippen molar-refractivity contribution in [3.05, 3.63) is 70.3 Å². The molecule has 3 aromatic heterocycles. The van der Waals surface area contributed by atoms with Gasteiger partial charge in [0.2, 0.25) is 5.82 Å². The maximum atomic E-state index is 12.9. The Bertz CT molecular complexity index is 1610. The minimum Gasteiger partial charge on any atom is -0.434 e. The Balaban J connectivity index is 1.50. The van der Waals surface area contributed by atoms with Gasteiger partial charge >= 0.3 is 6.16 Å². The molecule has 5 rings (SSSR count). The summed E-state index contributed by atoms with van der Waals surface area (Å²) in [4.78, 5) is 29.4. The van der Waals surface area contributed by atoms with E-state index in [2.05, 4.69) is 42.7 Å². The molecule has 0 amide bonds. The van der Waals surface area contributed by atoms with Crippen molar-refractivity contribution in [1.29, 1.82) is 0 Å². The summed E-state index contributed by atoms with van der Waals surface area (Å²) >= 11 is 0. The van der Waals surface area contributed by atoms with Gasteiger partial charge in [0.15, 0.2) is 5.52 Å². The van der Waals surface area contributed by atoms with Gasteiger partial charge in [0.05, 0.1) is 6.61 Å². The third-order valence-corrected chi connectivity index (χ3v) is 6.04. The molecule has 194 valence electrons. The summed E-state index contributed by atoms with van der Waals surface area (Å²) in [5.41, 5.74) is 3.88. The minimum atomic E-state index is -0.908. The Hall–Kier alpha value is -4.87. The number of tetrazole rings is 1. The summed E-state index contributed by atoms with van der Waals surface area (Å²) in [5.74, 6) is 1.13. The van der Waals surface area contributed by atoms with Crippen LogP contribution in [-0.2, 0) is 17.7 Å². The summed E-state index contributed by atoms with van der Waals surface area (Å²) in [6.07, 6.45) is 1.59. The van der Waals surface area contributed by atoms with Crippen LogP contribution in [0.3, 0.4) is 0 Å². The van der Waals surface area contributed by atoms with Gasteiger partial charge in [-0.15, -0.1) is 15.3 Å². The van der Waals surface area contributed by atoms with Crippen molar-refractivity contribution in [3.63, 3.8) is 0 Å². The van der Waals surface area contributed by atoms with E-state index in [0.29, 0.717) is 24.6 Å². The molecule has 0 radical (unpaired) electrons. The van der Waals surface area contributed by atoms with Gasteiger partial charge in [-0.1, -0.05) is 61.9 Å². The van der Waals surface area contributed by atoms with Crippen LogP contribution in [0.5, 0.6) is 5.88 Å². The van der Waals surface area contributed by atoms with Crippen molar-refractivity contribution >= 4 is 17.2 Å². The van der Waals surface area contributed by atoms with Crippen LogP contribution in [-0.4, -0.2) is 53.1 Å². The lowest BCUT2D eigenvalue weighted by Gasteiger charge is -2.11. The highest BCUT2D eigenvalue weighted by Crippen LogP contribution is 2.30. The van der Waals surface area contributed by atoms with E-state index in [-0.39, 0.29) is 23.5 Å². The fourth-order valence-electron chi connectivity index (χ4n) is 4.26. The lowest BCUT2D eigenvalue weighted by atomic mass is 9.98. The van der Waals surface area contributed by atoms with Crippen LogP contribution in [0, 0.1) is 0 Å². The van der Waals surface area contributed by atoms with Gasteiger partial charge in [-0.05, 0) is 35.2 Å². The van der Waals surface area contributed by atoms with Crippen molar-refractivity contribution < 1.29 is 14.3 Å². The van der Waals surface area contributed by atoms with Crippen LogP contribution in [0.25, 0.3) is 33.5 Å². The number of hydrogen-bond donors (Lipinski definition) is 2. The highest BCUT2D eigenvalue weighted by molar-refractivity contribution is 5.82. The standard InChI is InChI=1S/C26H26N8O4/c1-3-5-10-20-27-21-22(24(35)30-31-25(21)38-26(36)37-4-2)34(20)15-16-11-13-17(14-12-16)18-8-6-7-9-19(18)23-28-32-33-29-23/h6-9,11-14H,3-5,10,15H2,1-2H3,(H,30,35)(H,28,29,32,33). The Kier molecular flexibility index (Phi) is 7.20. The summed E-state index contributed by atoms with van der Waals surface area (Å²) in [6.45, 7) is 4.30. The molecular weight excluding hydrogens is 488 g/mol. The average molecular weight is 515 g/mol. The number of hydrogen-bond acceptors (Lipinski definition) is 9. The molecular formula is C26H26N8O4. The number of carbonyl (C=O) groups is 1. The number of aromatic nitrogens is 8. The number of nitrogens with zero attached hydrogens (tertiary/aromatic N) is 6. The quantitative estimate of drug-likeness (QED) is 0.279. The number of fused-ring (bicyclic) bond motifs is 1. The van der Waals surface area contributed by atoms with Gasteiger partial charge in [-0.3, -0.25) is 4.79 Å². The van der Waals surface area contributed by atoms with Gasteiger partial charge < -0.3 is 14.0 Å². The number of aryl methyl sites for hydroxylation is 1. The number of nitrogens with one attached hydrogen (secondary N) is 2. The number of H-pyrrole nitrogens is 2. The predicted octanol–water partition coefficient (Wildman–Crippen LogP) is 3.89. The van der Waals surface area contributed by atoms with Crippen LogP contribution in [0.15, 0.2) is 53.3 Å². The first-order valence-electron chi connectivity index (χ1n) is 12.3. The van der Waals surface area contributed by atoms with Crippen molar-refractivity contribution in [3.8, 4) is 28.4 Å². The third kappa shape index (κ3) is 5.01. The van der Waals surface area contributed by atoms with Gasteiger partial charge in [0.1, 0.15) is 11.3 Å². The summed E-state index contributed by atoms with van der Waals surface area (Å²) < 4.78 is 11.9. The van der Waals surface area contributed by atoms with E-state index in [9.17, 15) is 9.59 Å². The molecule has 12 heteroatoms. The van der Waals surface area contributed by atoms with E-state index in [1.54, 1.807) is 6.92 Å². The third-order valence-electron chi connectivity index (χ3n) is 6.04. The first-order chi connectivity index (χ1) is 18.6. The second kappa shape index (κ2) is 11.0. The highest BCUT2D eigenvalue weighted by Gasteiger charge is 2.21. The summed E-state index contributed by atoms with van der Waals surface area (Å²) in [6, 6.07) is 15.9. The van der Waals surface area contributed by atoms with Gasteiger partial charge in [-0.25, -0.2) is 14.9 Å². The Morgan fingerprint density at radius 1 is 1.03 bits per heavy atom. The molecule has 5 aromatic rings. The number of rotatable bonds is 9. The van der Waals surface area contributed by atoms with Crippen molar-refractivity contribution in [2.45, 2.75) is 39.7 Å². The first kappa shape index (κ1) is 24.8. The van der Waals surface area contributed by atoms with E-state index in [0.717, 1.165) is 35.1 Å². The minimum absolute atomic E-state index is 0.0945.